The maximum atomic E-state index is 3.70. The number of fused-ring (bicyclic) bond motifs is 1. The Morgan fingerprint density at radius 1 is 0.722 bits per heavy atom. The van der Waals surface area contributed by atoms with Gasteiger partial charge in [-0.2, -0.15) is 0 Å². The highest BCUT2D eigenvalue weighted by Crippen LogP contribution is 2.31. The molecular formula is C15H29N3. The number of hydrogen-bond acceptors (Lipinski definition) is 3. The molecule has 0 aromatic carbocycles. The van der Waals surface area contributed by atoms with Gasteiger partial charge in [-0.15, -0.1) is 0 Å². The SMILES string of the molecule is CC1CCN(C2CCN3CCCC23)CCC(C)N1. The highest BCUT2D eigenvalue weighted by atomic mass is 15.3. The highest BCUT2D eigenvalue weighted by Gasteiger charge is 2.40. The fourth-order valence-electron chi connectivity index (χ4n) is 4.30. The molecule has 18 heavy (non-hydrogen) atoms. The van der Waals surface area contributed by atoms with E-state index in [0.717, 1.165) is 12.1 Å². The molecule has 3 fully saturated rings. The first-order valence-corrected chi connectivity index (χ1v) is 7.98. The van der Waals surface area contributed by atoms with Gasteiger partial charge in [0.2, 0.25) is 0 Å². The van der Waals surface area contributed by atoms with E-state index in [9.17, 15) is 0 Å². The van der Waals surface area contributed by atoms with Gasteiger partial charge in [-0.25, -0.2) is 0 Å². The lowest BCUT2D eigenvalue weighted by Crippen LogP contribution is -2.49. The standard InChI is InChI=1S/C15H29N3/c1-12-5-9-18(10-6-13(2)16-12)15-7-11-17-8-3-4-14(15)17/h12-16H,3-11H2,1-2H3. The van der Waals surface area contributed by atoms with Crippen LogP contribution >= 0.6 is 0 Å². The van der Waals surface area contributed by atoms with E-state index in [4.69, 9.17) is 0 Å². The number of rotatable bonds is 1. The van der Waals surface area contributed by atoms with Crippen molar-refractivity contribution in [1.29, 1.82) is 0 Å². The van der Waals surface area contributed by atoms with Gasteiger partial charge in [-0.1, -0.05) is 0 Å². The molecule has 3 aliphatic heterocycles. The van der Waals surface area contributed by atoms with E-state index in [1.54, 1.807) is 0 Å². The van der Waals surface area contributed by atoms with Gasteiger partial charge in [0.25, 0.3) is 0 Å². The van der Waals surface area contributed by atoms with Crippen molar-refractivity contribution in [2.45, 2.75) is 70.1 Å². The summed E-state index contributed by atoms with van der Waals surface area (Å²) in [5, 5.41) is 3.70. The molecule has 3 saturated heterocycles. The second-order valence-electron chi connectivity index (χ2n) is 6.68. The lowest BCUT2D eigenvalue weighted by molar-refractivity contribution is 0.135. The fourth-order valence-corrected chi connectivity index (χ4v) is 4.30. The van der Waals surface area contributed by atoms with Gasteiger partial charge in [-0.3, -0.25) is 9.80 Å². The van der Waals surface area contributed by atoms with Gasteiger partial charge in [-0.05, 0) is 65.6 Å². The van der Waals surface area contributed by atoms with E-state index in [-0.39, 0.29) is 0 Å². The van der Waals surface area contributed by atoms with Gasteiger partial charge in [0, 0.05) is 30.7 Å². The minimum atomic E-state index is 0.684. The predicted octanol–water partition coefficient (Wildman–Crippen LogP) is 1.69. The molecule has 4 unspecified atom stereocenters. The van der Waals surface area contributed by atoms with Crippen LogP contribution in [0.15, 0.2) is 0 Å². The van der Waals surface area contributed by atoms with Crippen LogP contribution in [0.2, 0.25) is 0 Å². The lowest BCUT2D eigenvalue weighted by Gasteiger charge is -2.37. The lowest BCUT2D eigenvalue weighted by atomic mass is 10.0. The summed E-state index contributed by atoms with van der Waals surface area (Å²) >= 11 is 0. The van der Waals surface area contributed by atoms with Crippen LogP contribution in [-0.4, -0.2) is 60.1 Å². The van der Waals surface area contributed by atoms with Gasteiger partial charge < -0.3 is 5.32 Å². The maximum absolute atomic E-state index is 3.70. The molecule has 0 aromatic heterocycles. The molecule has 0 spiro atoms. The number of nitrogens with zero attached hydrogens (tertiary/aromatic N) is 2. The average molecular weight is 251 g/mol. The smallest absolute Gasteiger partial charge is 0.0263 e. The molecule has 1 N–H and O–H groups in total. The fraction of sp³-hybridized carbons (Fsp3) is 1.00. The van der Waals surface area contributed by atoms with E-state index in [2.05, 4.69) is 29.0 Å². The van der Waals surface area contributed by atoms with Crippen LogP contribution in [0.3, 0.4) is 0 Å². The zero-order chi connectivity index (χ0) is 12.5. The summed E-state index contributed by atoms with van der Waals surface area (Å²) in [4.78, 5) is 5.57. The van der Waals surface area contributed by atoms with Gasteiger partial charge >= 0.3 is 0 Å². The van der Waals surface area contributed by atoms with Crippen LogP contribution in [0.5, 0.6) is 0 Å². The summed E-state index contributed by atoms with van der Waals surface area (Å²) < 4.78 is 0. The third kappa shape index (κ3) is 2.59. The van der Waals surface area contributed by atoms with E-state index >= 15 is 0 Å². The molecule has 0 aliphatic carbocycles. The average Bonchev–Trinajstić information content (AvgIpc) is 2.90. The van der Waals surface area contributed by atoms with Gasteiger partial charge in [0.1, 0.15) is 0 Å². The Bertz CT molecular complexity index is 269. The van der Waals surface area contributed by atoms with Crippen molar-refractivity contribution in [1.82, 2.24) is 15.1 Å². The molecule has 3 aliphatic rings. The zero-order valence-corrected chi connectivity index (χ0v) is 12.1. The monoisotopic (exact) mass is 251 g/mol. The third-order valence-corrected chi connectivity index (χ3v) is 5.31. The van der Waals surface area contributed by atoms with Crippen molar-refractivity contribution in [3.63, 3.8) is 0 Å². The van der Waals surface area contributed by atoms with Crippen LogP contribution in [0.1, 0.15) is 46.0 Å². The number of nitrogens with one attached hydrogen (secondary N) is 1. The van der Waals surface area contributed by atoms with E-state index in [0.29, 0.717) is 12.1 Å². The Morgan fingerprint density at radius 2 is 1.28 bits per heavy atom. The number of hydrogen-bond donors (Lipinski definition) is 1. The Morgan fingerprint density at radius 3 is 2.00 bits per heavy atom. The summed E-state index contributed by atoms with van der Waals surface area (Å²) in [7, 11) is 0. The Balaban J connectivity index is 1.63. The summed E-state index contributed by atoms with van der Waals surface area (Å²) in [6.07, 6.45) is 6.93. The molecule has 3 heterocycles. The molecule has 4 atom stereocenters. The van der Waals surface area contributed by atoms with Crippen molar-refractivity contribution < 1.29 is 0 Å². The second-order valence-corrected chi connectivity index (χ2v) is 6.68. The van der Waals surface area contributed by atoms with Crippen molar-refractivity contribution in [2.75, 3.05) is 26.2 Å². The van der Waals surface area contributed by atoms with Gasteiger partial charge in [0.15, 0.2) is 0 Å². The van der Waals surface area contributed by atoms with Crippen molar-refractivity contribution in [3.05, 3.63) is 0 Å². The van der Waals surface area contributed by atoms with Crippen LogP contribution < -0.4 is 5.32 Å². The zero-order valence-electron chi connectivity index (χ0n) is 12.1. The summed E-state index contributed by atoms with van der Waals surface area (Å²) in [6, 6.07) is 3.13. The van der Waals surface area contributed by atoms with E-state index in [1.165, 1.54) is 58.3 Å². The molecule has 0 radical (unpaired) electrons. The van der Waals surface area contributed by atoms with E-state index in [1.807, 2.05) is 0 Å². The molecular weight excluding hydrogens is 222 g/mol. The predicted molar refractivity (Wildman–Crippen MR) is 75.9 cm³/mol. The topological polar surface area (TPSA) is 18.5 Å². The Labute approximate surface area is 112 Å². The minimum absolute atomic E-state index is 0.684. The van der Waals surface area contributed by atoms with Crippen LogP contribution in [0.25, 0.3) is 0 Å². The molecule has 0 saturated carbocycles. The molecule has 0 bridgehead atoms. The first-order valence-electron chi connectivity index (χ1n) is 7.98. The van der Waals surface area contributed by atoms with Crippen LogP contribution in [0, 0.1) is 0 Å². The molecule has 0 aromatic rings. The molecule has 3 rings (SSSR count). The summed E-state index contributed by atoms with van der Waals surface area (Å²) in [6.45, 7) is 10.0. The normalized spacial score (nSPS) is 43.7. The highest BCUT2D eigenvalue weighted by molar-refractivity contribution is 4.97. The van der Waals surface area contributed by atoms with Crippen molar-refractivity contribution in [2.24, 2.45) is 0 Å². The molecule has 0 amide bonds. The van der Waals surface area contributed by atoms with Crippen LogP contribution in [-0.2, 0) is 0 Å². The molecule has 3 nitrogen and oxygen atoms in total. The van der Waals surface area contributed by atoms with Gasteiger partial charge in [0.05, 0.1) is 0 Å². The second kappa shape index (κ2) is 5.48. The Kier molecular flexibility index (Phi) is 3.92. The quantitative estimate of drug-likeness (QED) is 0.765. The maximum Gasteiger partial charge on any atom is 0.0263 e. The Hall–Kier alpha value is -0.120. The van der Waals surface area contributed by atoms with E-state index < -0.39 is 0 Å². The molecule has 3 heteroatoms. The minimum Gasteiger partial charge on any atom is -0.312 e. The summed E-state index contributed by atoms with van der Waals surface area (Å²) in [5.41, 5.74) is 0. The first kappa shape index (κ1) is 12.9. The van der Waals surface area contributed by atoms with Crippen molar-refractivity contribution in [3.8, 4) is 0 Å². The third-order valence-electron chi connectivity index (χ3n) is 5.31. The molecule has 104 valence electrons. The largest absolute Gasteiger partial charge is 0.312 e. The summed E-state index contributed by atoms with van der Waals surface area (Å²) in [5.74, 6) is 0. The van der Waals surface area contributed by atoms with Crippen LogP contribution in [0.4, 0.5) is 0 Å². The first-order chi connectivity index (χ1) is 8.74. The van der Waals surface area contributed by atoms with Crippen molar-refractivity contribution >= 4 is 0 Å².